The molecule has 1 amide bonds. The Labute approximate surface area is 358 Å². The highest BCUT2D eigenvalue weighted by Crippen LogP contribution is 2.16. The number of carbonyl (C=O) groups excluding carboxylic acids is 2. The summed E-state index contributed by atoms with van der Waals surface area (Å²) in [6, 6.07) is -0.714. The SMILES string of the molecule is CCCCC/C=C/C=C/C=C/C=C/CCCCCCCC(=O)OC(CCC/C=C\CCCCCCCC)CC(=O)NC(CO)C(O)CCCCCCCCCCCC. The van der Waals surface area contributed by atoms with Crippen molar-refractivity contribution < 1.29 is 24.5 Å². The quantitative estimate of drug-likeness (QED) is 0.0247. The van der Waals surface area contributed by atoms with Crippen molar-refractivity contribution in [3.05, 3.63) is 60.8 Å². The molecule has 0 fully saturated rings. The number of hydrogen-bond donors (Lipinski definition) is 3. The predicted molar refractivity (Wildman–Crippen MR) is 250 cm³/mol. The maximum atomic E-state index is 13.1. The molecule has 3 N–H and O–H groups in total. The van der Waals surface area contributed by atoms with E-state index in [2.05, 4.69) is 86.8 Å². The number of nitrogens with one attached hydrogen (secondary N) is 1. The molecule has 0 aromatic carbocycles. The Bertz CT molecular complexity index is 1050. The first-order valence-electron chi connectivity index (χ1n) is 24.6. The molecule has 6 heteroatoms. The largest absolute Gasteiger partial charge is 0.462 e. The lowest BCUT2D eigenvalue weighted by atomic mass is 10.0. The molecule has 0 spiro atoms. The summed E-state index contributed by atoms with van der Waals surface area (Å²) in [5.41, 5.74) is 0. The van der Waals surface area contributed by atoms with Gasteiger partial charge < -0.3 is 20.3 Å². The minimum atomic E-state index is -0.798. The van der Waals surface area contributed by atoms with E-state index in [4.69, 9.17) is 4.74 Å². The fraction of sp³-hybridized carbons (Fsp3) is 0.769. The third-order valence-electron chi connectivity index (χ3n) is 10.9. The van der Waals surface area contributed by atoms with E-state index in [1.807, 2.05) is 0 Å². The minimum Gasteiger partial charge on any atom is -0.462 e. The van der Waals surface area contributed by atoms with Gasteiger partial charge in [0, 0.05) is 6.42 Å². The number of aliphatic hydroxyl groups is 2. The highest BCUT2D eigenvalue weighted by molar-refractivity contribution is 5.77. The van der Waals surface area contributed by atoms with E-state index < -0.39 is 18.2 Å². The van der Waals surface area contributed by atoms with E-state index in [0.717, 1.165) is 83.5 Å². The van der Waals surface area contributed by atoms with Gasteiger partial charge in [-0.05, 0) is 70.6 Å². The molecule has 3 atom stereocenters. The molecule has 58 heavy (non-hydrogen) atoms. The number of unbranched alkanes of at least 4 members (excludes halogenated alkanes) is 24. The molecule has 3 unspecified atom stereocenters. The molecule has 0 radical (unpaired) electrons. The van der Waals surface area contributed by atoms with Crippen LogP contribution in [0.15, 0.2) is 60.8 Å². The van der Waals surface area contributed by atoms with E-state index in [1.54, 1.807) is 0 Å². The summed E-state index contributed by atoms with van der Waals surface area (Å²) in [6.45, 7) is 6.40. The third kappa shape index (κ3) is 40.3. The monoisotopic (exact) mass is 812 g/mol. The van der Waals surface area contributed by atoms with Crippen molar-refractivity contribution in [1.82, 2.24) is 5.32 Å². The Hall–Kier alpha value is -2.44. The second kappa shape index (κ2) is 45.6. The number of aliphatic hydroxyl groups excluding tert-OH is 2. The standard InChI is InChI=1S/C52H93NO5/c1-4-7-10-13-16-19-22-23-24-25-26-27-28-30-33-36-39-42-45-52(57)58-48(43-40-37-34-31-29-20-17-14-11-8-5-2)46-51(56)53-49(47-54)50(55)44-41-38-35-32-21-18-15-12-9-6-3/h16,19,22-27,31,34,48-50,54-55H,4-15,17-18,20-21,28-30,32-33,35-47H2,1-3H3,(H,53,56)/b19-16+,23-22+,25-24+,27-26+,34-31-. The molecule has 0 heterocycles. The molecular weight excluding hydrogens is 719 g/mol. The number of allylic oxidation sites excluding steroid dienone is 10. The summed E-state index contributed by atoms with van der Waals surface area (Å²) in [7, 11) is 0. The van der Waals surface area contributed by atoms with Crippen molar-refractivity contribution in [2.75, 3.05) is 6.61 Å². The molecule has 0 saturated heterocycles. The smallest absolute Gasteiger partial charge is 0.306 e. The van der Waals surface area contributed by atoms with Crippen LogP contribution >= 0.6 is 0 Å². The maximum Gasteiger partial charge on any atom is 0.306 e. The zero-order valence-corrected chi connectivity index (χ0v) is 38.2. The van der Waals surface area contributed by atoms with Crippen molar-refractivity contribution in [2.45, 2.75) is 251 Å². The molecule has 0 rings (SSSR count). The molecule has 0 saturated carbocycles. The molecule has 0 bridgehead atoms. The summed E-state index contributed by atoms with van der Waals surface area (Å²) in [5.74, 6) is -0.532. The number of ether oxygens (including phenoxy) is 1. The van der Waals surface area contributed by atoms with Gasteiger partial charge in [-0.15, -0.1) is 0 Å². The molecule has 0 aliphatic rings. The van der Waals surface area contributed by atoms with Gasteiger partial charge >= 0.3 is 5.97 Å². The Kier molecular flexibility index (Phi) is 43.7. The lowest BCUT2D eigenvalue weighted by Gasteiger charge is -2.24. The van der Waals surface area contributed by atoms with Gasteiger partial charge in [-0.25, -0.2) is 0 Å². The van der Waals surface area contributed by atoms with Crippen molar-refractivity contribution in [2.24, 2.45) is 0 Å². The van der Waals surface area contributed by atoms with Crippen molar-refractivity contribution in [3.8, 4) is 0 Å². The van der Waals surface area contributed by atoms with Crippen molar-refractivity contribution in [3.63, 3.8) is 0 Å². The molecular formula is C52H93NO5. The first-order chi connectivity index (χ1) is 28.5. The minimum absolute atomic E-state index is 0.0455. The zero-order valence-electron chi connectivity index (χ0n) is 38.2. The Balaban J connectivity index is 4.62. The van der Waals surface area contributed by atoms with E-state index in [-0.39, 0.29) is 24.9 Å². The van der Waals surface area contributed by atoms with Gasteiger partial charge in [0.15, 0.2) is 0 Å². The molecule has 336 valence electrons. The number of esters is 1. The highest BCUT2D eigenvalue weighted by atomic mass is 16.5. The van der Waals surface area contributed by atoms with Gasteiger partial charge in [-0.1, -0.05) is 210 Å². The summed E-state index contributed by atoms with van der Waals surface area (Å²) in [5, 5.41) is 23.6. The van der Waals surface area contributed by atoms with Crippen LogP contribution in [0.25, 0.3) is 0 Å². The van der Waals surface area contributed by atoms with Crippen LogP contribution in [0.5, 0.6) is 0 Å². The average molecular weight is 812 g/mol. The molecule has 0 aliphatic carbocycles. The number of rotatable bonds is 43. The summed E-state index contributed by atoms with van der Waals surface area (Å²) in [6.07, 6.45) is 55.6. The predicted octanol–water partition coefficient (Wildman–Crippen LogP) is 14.5. The zero-order chi connectivity index (χ0) is 42.4. The number of amides is 1. The molecule has 6 nitrogen and oxygen atoms in total. The third-order valence-corrected chi connectivity index (χ3v) is 10.9. The average Bonchev–Trinajstić information content (AvgIpc) is 3.22. The second-order valence-corrected chi connectivity index (χ2v) is 16.6. The van der Waals surface area contributed by atoms with Gasteiger partial charge in [-0.3, -0.25) is 9.59 Å². The molecule has 0 aromatic heterocycles. The molecule has 0 aliphatic heterocycles. The number of hydrogen-bond acceptors (Lipinski definition) is 5. The van der Waals surface area contributed by atoms with Crippen LogP contribution in [-0.2, 0) is 14.3 Å². The van der Waals surface area contributed by atoms with Crippen LogP contribution in [0.1, 0.15) is 233 Å². The van der Waals surface area contributed by atoms with E-state index in [0.29, 0.717) is 19.3 Å². The Morgan fingerprint density at radius 2 is 0.914 bits per heavy atom. The van der Waals surface area contributed by atoms with Gasteiger partial charge in [-0.2, -0.15) is 0 Å². The lowest BCUT2D eigenvalue weighted by Crippen LogP contribution is -2.46. The van der Waals surface area contributed by atoms with Crippen LogP contribution in [0.4, 0.5) is 0 Å². The van der Waals surface area contributed by atoms with Crippen LogP contribution < -0.4 is 5.32 Å². The topological polar surface area (TPSA) is 95.9 Å². The van der Waals surface area contributed by atoms with Gasteiger partial charge in [0.2, 0.25) is 5.91 Å². The van der Waals surface area contributed by atoms with E-state index in [1.165, 1.54) is 103 Å². The summed E-state index contributed by atoms with van der Waals surface area (Å²) < 4.78 is 5.89. The lowest BCUT2D eigenvalue weighted by molar-refractivity contribution is -0.151. The Morgan fingerprint density at radius 3 is 1.45 bits per heavy atom. The van der Waals surface area contributed by atoms with Gasteiger partial charge in [0.05, 0.1) is 25.2 Å². The van der Waals surface area contributed by atoms with Crippen molar-refractivity contribution in [1.29, 1.82) is 0 Å². The highest BCUT2D eigenvalue weighted by Gasteiger charge is 2.24. The van der Waals surface area contributed by atoms with Gasteiger partial charge in [0.1, 0.15) is 6.10 Å². The van der Waals surface area contributed by atoms with Gasteiger partial charge in [0.25, 0.3) is 0 Å². The maximum absolute atomic E-state index is 13.1. The van der Waals surface area contributed by atoms with E-state index >= 15 is 0 Å². The van der Waals surface area contributed by atoms with Crippen molar-refractivity contribution >= 4 is 11.9 Å². The first-order valence-corrected chi connectivity index (χ1v) is 24.6. The van der Waals surface area contributed by atoms with E-state index in [9.17, 15) is 19.8 Å². The first kappa shape index (κ1) is 55.6. The van der Waals surface area contributed by atoms with Crippen LogP contribution in [0, 0.1) is 0 Å². The van der Waals surface area contributed by atoms with Crippen LogP contribution in [0.3, 0.4) is 0 Å². The fourth-order valence-corrected chi connectivity index (χ4v) is 7.15. The van der Waals surface area contributed by atoms with Crippen LogP contribution in [0.2, 0.25) is 0 Å². The summed E-state index contributed by atoms with van der Waals surface area (Å²) in [4.78, 5) is 26.0. The van der Waals surface area contributed by atoms with Crippen LogP contribution in [-0.4, -0.2) is 46.9 Å². The second-order valence-electron chi connectivity index (χ2n) is 16.6. The number of carbonyl (C=O) groups is 2. The molecule has 0 aromatic rings. The summed E-state index contributed by atoms with van der Waals surface area (Å²) >= 11 is 0. The Morgan fingerprint density at radius 1 is 0.500 bits per heavy atom. The fourth-order valence-electron chi connectivity index (χ4n) is 7.15. The normalized spacial score (nSPS) is 13.8.